The van der Waals surface area contributed by atoms with Crippen molar-refractivity contribution >= 4 is 5.91 Å². The minimum absolute atomic E-state index is 0.0412. The highest BCUT2D eigenvalue weighted by molar-refractivity contribution is 5.92. The number of aromatic nitrogens is 2. The molecule has 0 spiro atoms. The first-order valence-electron chi connectivity index (χ1n) is 8.73. The third-order valence-corrected chi connectivity index (χ3v) is 5.36. The van der Waals surface area contributed by atoms with Crippen molar-refractivity contribution in [1.82, 2.24) is 15.1 Å². The van der Waals surface area contributed by atoms with Crippen LogP contribution in [0.2, 0.25) is 0 Å². The van der Waals surface area contributed by atoms with Crippen molar-refractivity contribution in [2.24, 2.45) is 5.92 Å². The maximum atomic E-state index is 13.5. The molecule has 1 saturated heterocycles. The van der Waals surface area contributed by atoms with Crippen LogP contribution in [0.25, 0.3) is 0 Å². The fourth-order valence-electron chi connectivity index (χ4n) is 3.69. The molecule has 2 aromatic rings. The van der Waals surface area contributed by atoms with E-state index in [1.54, 1.807) is 11.0 Å². The second-order valence-corrected chi connectivity index (χ2v) is 6.86. The average Bonchev–Trinajstić information content (AvgIpc) is 3.12. The summed E-state index contributed by atoms with van der Waals surface area (Å²) in [6.45, 7) is 4.58. The van der Waals surface area contributed by atoms with E-state index >= 15 is 0 Å². The van der Waals surface area contributed by atoms with Crippen LogP contribution in [0, 0.1) is 11.7 Å². The van der Waals surface area contributed by atoms with Crippen LogP contribution in [-0.2, 0) is 0 Å². The highest BCUT2D eigenvalue weighted by Crippen LogP contribution is 2.34. The predicted octanol–water partition coefficient (Wildman–Crippen LogP) is 2.66. The number of halogens is 1. The van der Waals surface area contributed by atoms with Gasteiger partial charge in [-0.1, -0.05) is 26.0 Å². The van der Waals surface area contributed by atoms with Crippen LogP contribution >= 0.6 is 0 Å². The fraction of sp³-hybridized carbons (Fsp3) is 0.421. The zero-order valence-electron chi connectivity index (χ0n) is 14.8. The number of likely N-dealkylation sites (tertiary alicyclic amines) is 1. The van der Waals surface area contributed by atoms with E-state index in [-0.39, 0.29) is 29.4 Å². The molecular weight excluding hydrogens is 337 g/mol. The number of amides is 1. The van der Waals surface area contributed by atoms with Crippen molar-refractivity contribution in [1.29, 1.82) is 0 Å². The molecule has 0 aliphatic carbocycles. The Kier molecular flexibility index (Phi) is 5.06. The van der Waals surface area contributed by atoms with E-state index in [1.807, 2.05) is 19.9 Å². The van der Waals surface area contributed by atoms with E-state index in [9.17, 15) is 19.1 Å². The number of nitrogens with one attached hydrogen (secondary N) is 1. The highest BCUT2D eigenvalue weighted by Gasteiger charge is 2.37. The molecule has 1 amide bonds. The topological polar surface area (TPSA) is 86.3 Å². The Morgan fingerprint density at radius 3 is 2.92 bits per heavy atom. The number of carbonyl (C=O) groups excluding carboxylic acids is 1. The summed E-state index contributed by atoms with van der Waals surface area (Å²) >= 11 is 0. The first-order valence-corrected chi connectivity index (χ1v) is 8.73. The number of hydrogen-bond donors (Lipinski definition) is 2. The molecule has 3 rings (SSSR count). The molecule has 0 bridgehead atoms. The largest absolute Gasteiger partial charge is 0.503 e. The molecule has 0 saturated carbocycles. The summed E-state index contributed by atoms with van der Waals surface area (Å²) in [5, 5.41) is 15.7. The van der Waals surface area contributed by atoms with Crippen LogP contribution in [0.4, 0.5) is 4.39 Å². The SMILES string of the molecule is C[C@H]([C@H](C)c1cccc(F)c1)[C@@H]1CCCN1C(=O)c1n[nH]cc(O)c1=O. The molecule has 6 nitrogen and oxygen atoms in total. The molecule has 2 N–H and O–H groups in total. The number of carbonyl (C=O) groups is 1. The van der Waals surface area contributed by atoms with Gasteiger partial charge in [-0.3, -0.25) is 14.7 Å². The van der Waals surface area contributed by atoms with Gasteiger partial charge >= 0.3 is 0 Å². The van der Waals surface area contributed by atoms with Crippen LogP contribution in [0.1, 0.15) is 48.7 Å². The molecule has 3 atom stereocenters. The van der Waals surface area contributed by atoms with Gasteiger partial charge in [0, 0.05) is 12.6 Å². The van der Waals surface area contributed by atoms with Gasteiger partial charge in [-0.25, -0.2) is 4.39 Å². The molecule has 0 radical (unpaired) electrons. The van der Waals surface area contributed by atoms with E-state index < -0.39 is 17.1 Å². The van der Waals surface area contributed by atoms with Gasteiger partial charge < -0.3 is 10.0 Å². The summed E-state index contributed by atoms with van der Waals surface area (Å²) in [5.41, 5.74) is -0.196. The van der Waals surface area contributed by atoms with Gasteiger partial charge in [0.1, 0.15) is 5.82 Å². The zero-order chi connectivity index (χ0) is 18.8. The first kappa shape index (κ1) is 18.1. The molecule has 1 fully saturated rings. The Bertz CT molecular complexity index is 867. The Morgan fingerprint density at radius 1 is 1.42 bits per heavy atom. The summed E-state index contributed by atoms with van der Waals surface area (Å²) in [6.07, 6.45) is 2.69. The van der Waals surface area contributed by atoms with Crippen molar-refractivity contribution in [3.63, 3.8) is 0 Å². The van der Waals surface area contributed by atoms with Crippen molar-refractivity contribution < 1.29 is 14.3 Å². The summed E-state index contributed by atoms with van der Waals surface area (Å²) in [7, 11) is 0. The summed E-state index contributed by atoms with van der Waals surface area (Å²) in [5.74, 6) is -1.18. The number of H-pyrrole nitrogens is 1. The van der Waals surface area contributed by atoms with Crippen LogP contribution in [-0.4, -0.2) is 38.7 Å². The minimum atomic E-state index is -0.773. The standard InChI is InChI=1S/C19H22FN3O3/c1-11(13-5-3-6-14(20)9-13)12(2)15-7-4-8-23(15)19(26)17-18(25)16(24)10-21-22-17/h3,5-6,9-12,15H,4,7-8H2,1-2H3,(H,21,25)(H,22,24)/t11-,12+,15-/m0/s1. The lowest BCUT2D eigenvalue weighted by Crippen LogP contribution is -2.42. The van der Waals surface area contributed by atoms with Crippen molar-refractivity contribution in [3.8, 4) is 5.75 Å². The third-order valence-electron chi connectivity index (χ3n) is 5.36. The Hall–Kier alpha value is -2.70. The lowest BCUT2D eigenvalue weighted by molar-refractivity contribution is 0.0674. The van der Waals surface area contributed by atoms with Crippen molar-refractivity contribution in [2.75, 3.05) is 6.54 Å². The van der Waals surface area contributed by atoms with Gasteiger partial charge in [0.2, 0.25) is 0 Å². The maximum Gasteiger partial charge on any atom is 0.278 e. The fourth-order valence-corrected chi connectivity index (χ4v) is 3.69. The number of aromatic hydroxyl groups is 1. The summed E-state index contributed by atoms with van der Waals surface area (Å²) in [4.78, 5) is 26.5. The highest BCUT2D eigenvalue weighted by atomic mass is 19.1. The van der Waals surface area contributed by atoms with Crippen molar-refractivity contribution in [2.45, 2.75) is 38.6 Å². The molecular formula is C19H22FN3O3. The molecule has 1 aromatic heterocycles. The second-order valence-electron chi connectivity index (χ2n) is 6.86. The third kappa shape index (κ3) is 3.34. The lowest BCUT2D eigenvalue weighted by atomic mass is 9.83. The van der Waals surface area contributed by atoms with Gasteiger partial charge in [-0.05, 0) is 42.4 Å². The van der Waals surface area contributed by atoms with Crippen LogP contribution < -0.4 is 5.43 Å². The molecule has 1 aliphatic rings. The monoisotopic (exact) mass is 359 g/mol. The Balaban J connectivity index is 1.84. The molecule has 2 heterocycles. The van der Waals surface area contributed by atoms with E-state index in [1.165, 1.54) is 12.1 Å². The molecule has 7 heteroatoms. The lowest BCUT2D eigenvalue weighted by Gasteiger charge is -2.33. The molecule has 26 heavy (non-hydrogen) atoms. The van der Waals surface area contributed by atoms with Crippen LogP contribution in [0.5, 0.6) is 5.75 Å². The second kappa shape index (κ2) is 7.27. The number of benzene rings is 1. The normalized spacial score (nSPS) is 19.3. The summed E-state index contributed by atoms with van der Waals surface area (Å²) < 4.78 is 13.5. The van der Waals surface area contributed by atoms with Gasteiger partial charge in [0.25, 0.3) is 11.3 Å². The quantitative estimate of drug-likeness (QED) is 0.879. The Labute approximate surface area is 150 Å². The Morgan fingerprint density at radius 2 is 2.19 bits per heavy atom. The predicted molar refractivity (Wildman–Crippen MR) is 94.6 cm³/mol. The molecule has 1 aromatic carbocycles. The maximum absolute atomic E-state index is 13.5. The van der Waals surface area contributed by atoms with E-state index in [4.69, 9.17) is 0 Å². The zero-order valence-corrected chi connectivity index (χ0v) is 14.8. The van der Waals surface area contributed by atoms with E-state index in [0.29, 0.717) is 6.54 Å². The number of rotatable bonds is 4. The summed E-state index contributed by atoms with van der Waals surface area (Å²) in [6, 6.07) is 6.41. The van der Waals surface area contributed by atoms with Gasteiger partial charge in [-0.2, -0.15) is 5.10 Å². The number of hydrogen-bond acceptors (Lipinski definition) is 4. The average molecular weight is 359 g/mol. The van der Waals surface area contributed by atoms with Gasteiger partial charge in [-0.15, -0.1) is 0 Å². The molecule has 0 unspecified atom stereocenters. The van der Waals surface area contributed by atoms with Gasteiger partial charge in [0.15, 0.2) is 11.4 Å². The van der Waals surface area contributed by atoms with E-state index in [0.717, 1.165) is 24.6 Å². The van der Waals surface area contributed by atoms with E-state index in [2.05, 4.69) is 10.2 Å². The van der Waals surface area contributed by atoms with Gasteiger partial charge in [0.05, 0.1) is 6.20 Å². The van der Waals surface area contributed by atoms with Crippen LogP contribution in [0.3, 0.4) is 0 Å². The number of aromatic amines is 1. The minimum Gasteiger partial charge on any atom is -0.503 e. The van der Waals surface area contributed by atoms with Crippen molar-refractivity contribution in [3.05, 3.63) is 57.8 Å². The first-order chi connectivity index (χ1) is 12.4. The molecule has 1 aliphatic heterocycles. The smallest absolute Gasteiger partial charge is 0.278 e. The van der Waals surface area contributed by atoms with Crippen LogP contribution in [0.15, 0.2) is 35.3 Å². The molecule has 138 valence electrons. The number of nitrogens with zero attached hydrogens (tertiary/aromatic N) is 2.